The molecule has 33 heavy (non-hydrogen) atoms. The maximum Gasteiger partial charge on any atom is 0.136 e. The van der Waals surface area contributed by atoms with Crippen molar-refractivity contribution in [3.8, 4) is 11.1 Å². The van der Waals surface area contributed by atoms with Gasteiger partial charge in [-0.15, -0.1) is 11.3 Å². The molecule has 0 aliphatic carbocycles. The number of nitrogens with one attached hydrogen (secondary N) is 1. The number of aromatic nitrogens is 3. The molecule has 0 bridgehead atoms. The minimum atomic E-state index is -0.357. The number of nitrogens with two attached hydrogens (primary N) is 1. The number of benzene rings is 1. The predicted octanol–water partition coefficient (Wildman–Crippen LogP) is 6.80. The lowest BCUT2D eigenvalue weighted by atomic mass is 10.00. The van der Waals surface area contributed by atoms with Crippen LogP contribution in [0.3, 0.4) is 0 Å². The van der Waals surface area contributed by atoms with E-state index >= 15 is 4.39 Å². The standard InChI is InChI=1S/C27H25FN4S/c1-5-7-20(24-12-11-23(33-24)16(2)3)27-17(4)31-25(32-27)14-21-22(29)10-9-19(26(21)28)18-8-6-13-30-15-18/h5-13,15H,1-2,14,29H2,3-4H3,(H,31,32)/b20-7-. The van der Waals surface area contributed by atoms with Gasteiger partial charge in [-0.1, -0.05) is 31.4 Å². The van der Waals surface area contributed by atoms with Crippen LogP contribution < -0.4 is 5.73 Å². The van der Waals surface area contributed by atoms with Crippen molar-refractivity contribution in [3.05, 3.63) is 112 Å². The van der Waals surface area contributed by atoms with Crippen molar-refractivity contribution in [2.24, 2.45) is 0 Å². The average Bonchev–Trinajstić information content (AvgIpc) is 3.43. The third-order valence-electron chi connectivity index (χ3n) is 5.36. The number of nitrogens with zero attached hydrogens (tertiary/aromatic N) is 2. The Labute approximate surface area is 197 Å². The van der Waals surface area contributed by atoms with Gasteiger partial charge in [-0.2, -0.15) is 0 Å². The van der Waals surface area contributed by atoms with Crippen molar-refractivity contribution in [2.45, 2.75) is 20.3 Å². The topological polar surface area (TPSA) is 67.6 Å². The van der Waals surface area contributed by atoms with Crippen LogP contribution in [0.15, 0.2) is 74.1 Å². The van der Waals surface area contributed by atoms with Crippen molar-refractivity contribution in [1.29, 1.82) is 0 Å². The van der Waals surface area contributed by atoms with E-state index < -0.39 is 0 Å². The van der Waals surface area contributed by atoms with Gasteiger partial charge >= 0.3 is 0 Å². The Hall–Kier alpha value is -3.77. The number of hydrogen-bond acceptors (Lipinski definition) is 4. The maximum absolute atomic E-state index is 15.5. The highest BCUT2D eigenvalue weighted by Gasteiger charge is 2.19. The van der Waals surface area contributed by atoms with Crippen LogP contribution in [0.5, 0.6) is 0 Å². The number of anilines is 1. The second-order valence-corrected chi connectivity index (χ2v) is 8.91. The van der Waals surface area contributed by atoms with Gasteiger partial charge in [-0.3, -0.25) is 4.98 Å². The molecule has 0 fully saturated rings. The number of thiophene rings is 1. The van der Waals surface area contributed by atoms with Gasteiger partial charge < -0.3 is 10.7 Å². The number of aryl methyl sites for hydroxylation is 1. The first-order chi connectivity index (χ1) is 15.9. The van der Waals surface area contributed by atoms with E-state index in [1.807, 2.05) is 26.0 Å². The molecule has 1 aromatic carbocycles. The predicted molar refractivity (Wildman–Crippen MR) is 136 cm³/mol. The van der Waals surface area contributed by atoms with Gasteiger partial charge in [0.25, 0.3) is 0 Å². The van der Waals surface area contributed by atoms with Crippen LogP contribution in [0.1, 0.15) is 39.5 Å². The maximum atomic E-state index is 15.5. The molecule has 0 aliphatic rings. The van der Waals surface area contributed by atoms with Crippen molar-refractivity contribution >= 4 is 28.2 Å². The van der Waals surface area contributed by atoms with Crippen LogP contribution in [0, 0.1) is 12.7 Å². The number of rotatable bonds is 7. The van der Waals surface area contributed by atoms with Crippen LogP contribution in [-0.2, 0) is 6.42 Å². The van der Waals surface area contributed by atoms with Crippen LogP contribution in [0.25, 0.3) is 22.3 Å². The smallest absolute Gasteiger partial charge is 0.136 e. The Bertz CT molecular complexity index is 1360. The largest absolute Gasteiger partial charge is 0.398 e. The number of halogens is 1. The summed E-state index contributed by atoms with van der Waals surface area (Å²) in [7, 11) is 0. The van der Waals surface area contributed by atoms with Gasteiger partial charge in [0.15, 0.2) is 0 Å². The minimum absolute atomic E-state index is 0.245. The fraction of sp³-hybridized carbons (Fsp3) is 0.111. The van der Waals surface area contributed by atoms with Crippen molar-refractivity contribution in [3.63, 3.8) is 0 Å². The van der Waals surface area contributed by atoms with Gasteiger partial charge in [-0.05, 0) is 49.8 Å². The SMILES string of the molecule is C=C/C=C(/c1ccc(C(=C)C)s1)c1nc(Cc2c(N)ccc(-c3cccnc3)c2F)[nH]c1C. The van der Waals surface area contributed by atoms with E-state index in [0.29, 0.717) is 28.2 Å². The number of imidazole rings is 1. The first-order valence-electron chi connectivity index (χ1n) is 10.5. The molecule has 0 aliphatic heterocycles. The molecule has 4 aromatic rings. The van der Waals surface area contributed by atoms with Crippen LogP contribution >= 0.6 is 11.3 Å². The fourth-order valence-electron chi connectivity index (χ4n) is 3.70. The first kappa shape index (κ1) is 22.4. The molecule has 166 valence electrons. The number of H-pyrrole nitrogens is 1. The summed E-state index contributed by atoms with van der Waals surface area (Å²) in [4.78, 5) is 14.4. The molecule has 6 heteroatoms. The van der Waals surface area contributed by atoms with E-state index in [-0.39, 0.29) is 12.2 Å². The number of pyridine rings is 1. The monoisotopic (exact) mass is 456 g/mol. The Morgan fingerprint density at radius 1 is 1.21 bits per heavy atom. The molecule has 0 saturated heterocycles. The molecule has 4 rings (SSSR count). The number of allylic oxidation sites excluding steroid dienone is 3. The second kappa shape index (κ2) is 9.38. The molecule has 4 nitrogen and oxygen atoms in total. The van der Waals surface area contributed by atoms with Gasteiger partial charge in [0.1, 0.15) is 11.6 Å². The highest BCUT2D eigenvalue weighted by molar-refractivity contribution is 7.14. The summed E-state index contributed by atoms with van der Waals surface area (Å²) in [6, 6.07) is 11.1. The van der Waals surface area contributed by atoms with Crippen molar-refractivity contribution < 1.29 is 4.39 Å². The molecule has 3 N–H and O–H groups in total. The minimum Gasteiger partial charge on any atom is -0.398 e. The Morgan fingerprint density at radius 2 is 2.00 bits per heavy atom. The molecule has 3 aromatic heterocycles. The second-order valence-electron chi connectivity index (χ2n) is 7.83. The van der Waals surface area contributed by atoms with Crippen LogP contribution in [-0.4, -0.2) is 15.0 Å². The fourth-order valence-corrected chi connectivity index (χ4v) is 4.66. The molecule has 3 heterocycles. The molecular weight excluding hydrogens is 431 g/mol. The summed E-state index contributed by atoms with van der Waals surface area (Å²) in [6.07, 6.45) is 7.24. The molecular formula is C27H25FN4S. The van der Waals surface area contributed by atoms with E-state index in [2.05, 4.69) is 35.3 Å². The van der Waals surface area contributed by atoms with Crippen molar-refractivity contribution in [1.82, 2.24) is 15.0 Å². The Kier molecular flexibility index (Phi) is 6.38. The zero-order valence-electron chi connectivity index (χ0n) is 18.7. The van der Waals surface area contributed by atoms with E-state index in [0.717, 1.165) is 32.3 Å². The van der Waals surface area contributed by atoms with Gasteiger partial charge in [0.05, 0.1) is 5.69 Å². The quantitative estimate of drug-likeness (QED) is 0.237. The molecule has 0 radical (unpaired) electrons. The number of hydrogen-bond donors (Lipinski definition) is 2. The first-order valence-corrected chi connectivity index (χ1v) is 11.3. The lowest BCUT2D eigenvalue weighted by molar-refractivity contribution is 0.617. The van der Waals surface area contributed by atoms with E-state index in [4.69, 9.17) is 10.7 Å². The van der Waals surface area contributed by atoms with Gasteiger partial charge in [0.2, 0.25) is 0 Å². The van der Waals surface area contributed by atoms with Crippen LogP contribution in [0.4, 0.5) is 10.1 Å². The third-order valence-corrected chi connectivity index (χ3v) is 6.64. The van der Waals surface area contributed by atoms with Crippen molar-refractivity contribution in [2.75, 3.05) is 5.73 Å². The molecule has 0 unspecified atom stereocenters. The Balaban J connectivity index is 1.71. The normalized spacial score (nSPS) is 11.5. The molecule has 0 spiro atoms. The summed E-state index contributed by atoms with van der Waals surface area (Å²) < 4.78 is 15.5. The molecule has 0 saturated carbocycles. The summed E-state index contributed by atoms with van der Waals surface area (Å²) in [5, 5.41) is 0. The van der Waals surface area contributed by atoms with E-state index in [1.54, 1.807) is 48.0 Å². The highest BCUT2D eigenvalue weighted by atomic mass is 32.1. The number of nitrogen functional groups attached to an aromatic ring is 1. The zero-order chi connectivity index (χ0) is 23.5. The average molecular weight is 457 g/mol. The van der Waals surface area contributed by atoms with Crippen LogP contribution in [0.2, 0.25) is 0 Å². The molecule has 0 amide bonds. The summed E-state index contributed by atoms with van der Waals surface area (Å²) >= 11 is 1.65. The highest BCUT2D eigenvalue weighted by Crippen LogP contribution is 2.34. The van der Waals surface area contributed by atoms with Gasteiger partial charge in [-0.25, -0.2) is 9.37 Å². The lowest BCUT2D eigenvalue weighted by Crippen LogP contribution is -2.03. The summed E-state index contributed by atoms with van der Waals surface area (Å²) in [5.41, 5.74) is 11.8. The Morgan fingerprint density at radius 3 is 2.67 bits per heavy atom. The zero-order valence-corrected chi connectivity index (χ0v) is 19.5. The molecule has 0 atom stereocenters. The summed E-state index contributed by atoms with van der Waals surface area (Å²) in [5.74, 6) is 0.285. The van der Waals surface area contributed by atoms with Gasteiger partial charge in [0, 0.05) is 62.2 Å². The van der Waals surface area contributed by atoms with E-state index in [9.17, 15) is 0 Å². The van der Waals surface area contributed by atoms with E-state index in [1.165, 1.54) is 0 Å². The third kappa shape index (κ3) is 4.56. The summed E-state index contributed by atoms with van der Waals surface area (Å²) in [6.45, 7) is 11.8. The lowest BCUT2D eigenvalue weighted by Gasteiger charge is -2.10. The number of aromatic amines is 1.